The van der Waals surface area contributed by atoms with Crippen LogP contribution in [0.4, 0.5) is 5.69 Å². The molecule has 2 atom stereocenters. The van der Waals surface area contributed by atoms with Gasteiger partial charge in [-0.25, -0.2) is 0 Å². The van der Waals surface area contributed by atoms with Crippen LogP contribution in [-0.4, -0.2) is 25.7 Å². The van der Waals surface area contributed by atoms with Crippen LogP contribution >= 0.6 is 0 Å². The maximum atomic E-state index is 6.03. The van der Waals surface area contributed by atoms with Crippen LogP contribution < -0.4 is 15.4 Å². The fourth-order valence-corrected chi connectivity index (χ4v) is 2.96. The van der Waals surface area contributed by atoms with E-state index in [1.165, 1.54) is 11.3 Å². The van der Waals surface area contributed by atoms with Gasteiger partial charge in [-0.3, -0.25) is 0 Å². The van der Waals surface area contributed by atoms with Crippen LogP contribution in [0.3, 0.4) is 0 Å². The molecule has 0 saturated carbocycles. The van der Waals surface area contributed by atoms with E-state index in [-0.39, 0.29) is 0 Å². The van der Waals surface area contributed by atoms with Crippen molar-refractivity contribution < 1.29 is 4.74 Å². The molecule has 1 saturated heterocycles. The third kappa shape index (κ3) is 1.47. The Morgan fingerprint density at radius 3 is 3.12 bits per heavy atom. The molecule has 3 rings (SSSR count). The molecule has 3 heteroatoms. The van der Waals surface area contributed by atoms with Gasteiger partial charge in [0, 0.05) is 30.4 Å². The Bertz CT molecular complexity index is 405. The van der Waals surface area contributed by atoms with Crippen LogP contribution in [0.1, 0.15) is 18.4 Å². The van der Waals surface area contributed by atoms with Crippen LogP contribution in [0.15, 0.2) is 18.2 Å². The van der Waals surface area contributed by atoms with Gasteiger partial charge in [0.2, 0.25) is 0 Å². The zero-order valence-electron chi connectivity index (χ0n) is 9.65. The minimum absolute atomic E-state index is 0.387. The van der Waals surface area contributed by atoms with E-state index < -0.39 is 0 Å². The summed E-state index contributed by atoms with van der Waals surface area (Å²) in [5.41, 5.74) is 8.83. The van der Waals surface area contributed by atoms with Crippen LogP contribution in [0.5, 0.6) is 5.75 Å². The number of hydrogen-bond donors (Lipinski definition) is 1. The molecule has 0 spiro atoms. The number of piperidine rings is 1. The van der Waals surface area contributed by atoms with Crippen molar-refractivity contribution in [1.82, 2.24) is 0 Å². The lowest BCUT2D eigenvalue weighted by atomic mass is 9.97. The maximum absolute atomic E-state index is 6.03. The number of nitrogens with two attached hydrogens (primary N) is 1. The molecule has 2 aliphatic rings. The van der Waals surface area contributed by atoms with Gasteiger partial charge in [0.1, 0.15) is 5.75 Å². The largest absolute Gasteiger partial charge is 0.497 e. The first-order valence-corrected chi connectivity index (χ1v) is 5.97. The number of ether oxygens (including phenoxy) is 1. The quantitative estimate of drug-likeness (QED) is 0.777. The lowest BCUT2D eigenvalue weighted by Gasteiger charge is -2.35. The van der Waals surface area contributed by atoms with E-state index in [1.54, 1.807) is 7.11 Å². The molecule has 1 aromatic rings. The average Bonchev–Trinajstić information content (AvgIpc) is 2.65. The third-order valence-corrected chi connectivity index (χ3v) is 3.81. The summed E-state index contributed by atoms with van der Waals surface area (Å²) < 4.78 is 5.29. The van der Waals surface area contributed by atoms with Crippen LogP contribution in [0, 0.1) is 0 Å². The highest BCUT2D eigenvalue weighted by atomic mass is 16.5. The number of rotatable bonds is 1. The molecule has 86 valence electrons. The molecule has 0 aromatic heterocycles. The van der Waals surface area contributed by atoms with Gasteiger partial charge >= 0.3 is 0 Å². The van der Waals surface area contributed by atoms with Gasteiger partial charge in [0.15, 0.2) is 0 Å². The van der Waals surface area contributed by atoms with E-state index >= 15 is 0 Å². The zero-order valence-corrected chi connectivity index (χ0v) is 9.65. The topological polar surface area (TPSA) is 38.5 Å². The molecule has 2 aliphatic heterocycles. The molecule has 2 unspecified atom stereocenters. The molecular weight excluding hydrogens is 200 g/mol. The van der Waals surface area contributed by atoms with Crippen molar-refractivity contribution in [2.24, 2.45) is 5.73 Å². The summed E-state index contributed by atoms with van der Waals surface area (Å²) >= 11 is 0. The Morgan fingerprint density at radius 1 is 1.44 bits per heavy atom. The predicted molar refractivity (Wildman–Crippen MR) is 65.0 cm³/mol. The van der Waals surface area contributed by atoms with E-state index in [9.17, 15) is 0 Å². The van der Waals surface area contributed by atoms with Crippen molar-refractivity contribution >= 4 is 5.69 Å². The Labute approximate surface area is 96.2 Å². The number of benzene rings is 1. The monoisotopic (exact) mass is 218 g/mol. The standard InChI is InChI=1S/C13H18N2O/c1-16-12-3-2-9-6-11-7-10(14)4-5-15(11)13(9)8-12/h2-3,8,10-11H,4-7,14H2,1H3. The third-order valence-electron chi connectivity index (χ3n) is 3.81. The van der Waals surface area contributed by atoms with Crippen LogP contribution in [0.25, 0.3) is 0 Å². The van der Waals surface area contributed by atoms with Gasteiger partial charge in [0.25, 0.3) is 0 Å². The number of hydrogen-bond acceptors (Lipinski definition) is 3. The fourth-order valence-electron chi connectivity index (χ4n) is 2.96. The SMILES string of the molecule is COc1ccc2c(c1)N1CCC(N)CC1C2. The molecule has 0 aliphatic carbocycles. The molecule has 0 bridgehead atoms. The lowest BCUT2D eigenvalue weighted by Crippen LogP contribution is -2.45. The fraction of sp³-hybridized carbons (Fsp3) is 0.538. The van der Waals surface area contributed by atoms with Crippen molar-refractivity contribution in [3.05, 3.63) is 23.8 Å². The molecule has 1 aromatic carbocycles. The van der Waals surface area contributed by atoms with Gasteiger partial charge < -0.3 is 15.4 Å². The Kier molecular flexibility index (Phi) is 2.28. The summed E-state index contributed by atoms with van der Waals surface area (Å²) in [6.45, 7) is 1.09. The summed E-state index contributed by atoms with van der Waals surface area (Å²) in [5, 5.41) is 0. The molecular formula is C13H18N2O. The van der Waals surface area contributed by atoms with Crippen molar-refractivity contribution in [1.29, 1.82) is 0 Å². The van der Waals surface area contributed by atoms with Gasteiger partial charge in [0.05, 0.1) is 7.11 Å². The number of anilines is 1. The number of nitrogens with zero attached hydrogens (tertiary/aromatic N) is 1. The van der Waals surface area contributed by atoms with Crippen molar-refractivity contribution in [3.63, 3.8) is 0 Å². The summed E-state index contributed by atoms with van der Waals surface area (Å²) in [5.74, 6) is 0.953. The molecule has 0 amide bonds. The van der Waals surface area contributed by atoms with Crippen molar-refractivity contribution in [2.75, 3.05) is 18.6 Å². The molecule has 2 N–H and O–H groups in total. The molecule has 2 heterocycles. The number of fused-ring (bicyclic) bond motifs is 3. The first kappa shape index (κ1) is 9.97. The second-order valence-corrected chi connectivity index (χ2v) is 4.83. The second kappa shape index (κ2) is 3.67. The smallest absolute Gasteiger partial charge is 0.120 e. The Morgan fingerprint density at radius 2 is 2.31 bits per heavy atom. The summed E-state index contributed by atoms with van der Waals surface area (Å²) in [4.78, 5) is 2.50. The molecule has 0 radical (unpaired) electrons. The van der Waals surface area contributed by atoms with Gasteiger partial charge in [-0.05, 0) is 30.9 Å². The van der Waals surface area contributed by atoms with Crippen molar-refractivity contribution in [3.8, 4) is 5.75 Å². The minimum Gasteiger partial charge on any atom is -0.497 e. The Balaban J connectivity index is 1.93. The first-order chi connectivity index (χ1) is 7.78. The van der Waals surface area contributed by atoms with Crippen molar-refractivity contribution in [2.45, 2.75) is 31.3 Å². The summed E-state index contributed by atoms with van der Waals surface area (Å²) in [6, 6.07) is 7.41. The summed E-state index contributed by atoms with van der Waals surface area (Å²) in [7, 11) is 1.72. The summed E-state index contributed by atoms with van der Waals surface area (Å²) in [6.07, 6.45) is 3.37. The van der Waals surface area contributed by atoms with E-state index in [0.717, 1.165) is 31.6 Å². The van der Waals surface area contributed by atoms with E-state index in [0.29, 0.717) is 12.1 Å². The maximum Gasteiger partial charge on any atom is 0.120 e. The molecule has 1 fully saturated rings. The minimum atomic E-state index is 0.387. The highest BCUT2D eigenvalue weighted by molar-refractivity contribution is 5.62. The van der Waals surface area contributed by atoms with Gasteiger partial charge in [-0.1, -0.05) is 6.07 Å². The van der Waals surface area contributed by atoms with Gasteiger partial charge in [-0.2, -0.15) is 0 Å². The van der Waals surface area contributed by atoms with E-state index in [1.807, 2.05) is 0 Å². The molecule has 3 nitrogen and oxygen atoms in total. The van der Waals surface area contributed by atoms with Gasteiger partial charge in [-0.15, -0.1) is 0 Å². The first-order valence-electron chi connectivity index (χ1n) is 5.97. The highest BCUT2D eigenvalue weighted by Crippen LogP contribution is 2.38. The van der Waals surface area contributed by atoms with Crippen LogP contribution in [0.2, 0.25) is 0 Å². The van der Waals surface area contributed by atoms with Crippen LogP contribution in [-0.2, 0) is 6.42 Å². The number of methoxy groups -OCH3 is 1. The average molecular weight is 218 g/mol. The normalized spacial score (nSPS) is 27.5. The zero-order chi connectivity index (χ0) is 11.1. The lowest BCUT2D eigenvalue weighted by molar-refractivity contribution is 0.413. The highest BCUT2D eigenvalue weighted by Gasteiger charge is 2.33. The predicted octanol–water partition coefficient (Wildman–Crippen LogP) is 1.55. The Hall–Kier alpha value is -1.22. The van der Waals surface area contributed by atoms with E-state index in [4.69, 9.17) is 10.5 Å². The molecule has 16 heavy (non-hydrogen) atoms. The second-order valence-electron chi connectivity index (χ2n) is 4.83. The van der Waals surface area contributed by atoms with E-state index in [2.05, 4.69) is 23.1 Å².